The van der Waals surface area contributed by atoms with E-state index in [0.717, 1.165) is 0 Å². The number of carbonyl (C=O) groups excluding carboxylic acids is 1. The molecule has 0 aliphatic heterocycles. The first kappa shape index (κ1) is 17.8. The van der Waals surface area contributed by atoms with E-state index in [0.29, 0.717) is 0 Å². The molecule has 0 saturated heterocycles. The van der Waals surface area contributed by atoms with Gasteiger partial charge in [-0.2, -0.15) is 48.3 Å². The van der Waals surface area contributed by atoms with Crippen molar-refractivity contribution >= 4 is 5.78 Å². The first-order valence-corrected chi connectivity index (χ1v) is 3.72. The van der Waals surface area contributed by atoms with E-state index in [1.54, 1.807) is 0 Å². The maximum Gasteiger partial charge on any atom is 0.461 e. The molecule has 0 saturated carbocycles. The summed E-state index contributed by atoms with van der Waals surface area (Å²) in [5.74, 6) is -12.2. The SMILES string of the molecule is O=C(C(F)(F)C(F)(F)F)C(F)(C(F)(F)F)C(F)(F)F. The lowest BCUT2D eigenvalue weighted by molar-refractivity contribution is -0.342. The molecule has 19 heavy (non-hydrogen) atoms. The molecule has 0 aromatic carbocycles. The average molecular weight is 316 g/mol. The van der Waals surface area contributed by atoms with Gasteiger partial charge in [-0.05, 0) is 0 Å². The minimum Gasteiger partial charge on any atom is -0.288 e. The second-order valence-corrected chi connectivity index (χ2v) is 3.06. The Bertz CT molecular complexity index is 342. The van der Waals surface area contributed by atoms with Crippen LogP contribution in [0, 0.1) is 0 Å². The summed E-state index contributed by atoms with van der Waals surface area (Å²) in [6, 6.07) is 0. The Labute approximate surface area is 94.7 Å². The van der Waals surface area contributed by atoms with Crippen LogP contribution in [0.2, 0.25) is 0 Å². The summed E-state index contributed by atoms with van der Waals surface area (Å²) in [4.78, 5) is 10.1. The summed E-state index contributed by atoms with van der Waals surface area (Å²) in [6.07, 6.45) is -21.8. The average Bonchev–Trinajstić information content (AvgIpc) is 2.09. The van der Waals surface area contributed by atoms with Gasteiger partial charge in [-0.15, -0.1) is 0 Å². The summed E-state index contributed by atoms with van der Waals surface area (Å²) in [7, 11) is 0. The number of rotatable bonds is 2. The summed E-state index contributed by atoms with van der Waals surface area (Å²) < 4.78 is 142. The molecule has 13 heteroatoms. The van der Waals surface area contributed by atoms with Crippen molar-refractivity contribution in [2.45, 2.75) is 30.1 Å². The van der Waals surface area contributed by atoms with E-state index in [4.69, 9.17) is 0 Å². The molecule has 0 N–H and O–H groups in total. The van der Waals surface area contributed by atoms with Gasteiger partial charge in [0.15, 0.2) is 0 Å². The zero-order valence-electron chi connectivity index (χ0n) is 7.94. The van der Waals surface area contributed by atoms with Crippen LogP contribution in [-0.4, -0.2) is 35.9 Å². The molecule has 0 aromatic rings. The van der Waals surface area contributed by atoms with Crippen LogP contribution in [0.4, 0.5) is 52.7 Å². The van der Waals surface area contributed by atoms with Crippen molar-refractivity contribution in [3.05, 3.63) is 0 Å². The molecule has 0 bridgehead atoms. The smallest absolute Gasteiger partial charge is 0.288 e. The molecule has 0 amide bonds. The molecule has 0 heterocycles. The standard InChI is InChI=1S/C6F12O/c7-2(4(10,11)12,5(13,14)15)1(19)3(8,9)6(16,17)18. The fraction of sp³-hybridized carbons (Fsp3) is 0.833. The van der Waals surface area contributed by atoms with Crippen molar-refractivity contribution < 1.29 is 57.5 Å². The fourth-order valence-electron chi connectivity index (χ4n) is 0.763. The molecule has 0 rings (SSSR count). The quantitative estimate of drug-likeness (QED) is 0.712. The molecule has 0 atom stereocenters. The van der Waals surface area contributed by atoms with Gasteiger partial charge in [0.1, 0.15) is 0 Å². The molecule has 1 nitrogen and oxygen atoms in total. The molecule has 0 aromatic heterocycles. The lowest BCUT2D eigenvalue weighted by atomic mass is 9.93. The second-order valence-electron chi connectivity index (χ2n) is 3.06. The van der Waals surface area contributed by atoms with Gasteiger partial charge in [0.05, 0.1) is 0 Å². The molecular weight excluding hydrogens is 316 g/mol. The third-order valence-electron chi connectivity index (χ3n) is 1.74. The third kappa shape index (κ3) is 2.59. The highest BCUT2D eigenvalue weighted by molar-refractivity contribution is 5.95. The van der Waals surface area contributed by atoms with Gasteiger partial charge in [-0.1, -0.05) is 0 Å². The van der Waals surface area contributed by atoms with Crippen LogP contribution in [0.1, 0.15) is 0 Å². The van der Waals surface area contributed by atoms with E-state index in [-0.39, 0.29) is 0 Å². The summed E-state index contributed by atoms with van der Waals surface area (Å²) in [5.41, 5.74) is -7.33. The van der Waals surface area contributed by atoms with Gasteiger partial charge in [0.25, 0.3) is 5.78 Å². The highest BCUT2D eigenvalue weighted by Gasteiger charge is 2.84. The largest absolute Gasteiger partial charge is 0.461 e. The Morgan fingerprint density at radius 2 is 0.789 bits per heavy atom. The first-order chi connectivity index (χ1) is 7.90. The Balaban J connectivity index is 6.06. The summed E-state index contributed by atoms with van der Waals surface area (Å²) in [5, 5.41) is 0. The molecule has 0 aliphatic rings. The summed E-state index contributed by atoms with van der Waals surface area (Å²) >= 11 is 0. The van der Waals surface area contributed by atoms with E-state index >= 15 is 0 Å². The molecule has 114 valence electrons. The van der Waals surface area contributed by atoms with Crippen molar-refractivity contribution in [3.63, 3.8) is 0 Å². The number of carbonyl (C=O) groups is 1. The van der Waals surface area contributed by atoms with E-state index in [1.165, 1.54) is 0 Å². The topological polar surface area (TPSA) is 17.1 Å². The molecule has 0 spiro atoms. The van der Waals surface area contributed by atoms with Crippen LogP contribution in [0.15, 0.2) is 0 Å². The van der Waals surface area contributed by atoms with Crippen LogP contribution in [0.25, 0.3) is 0 Å². The molecular formula is C6F12O. The van der Waals surface area contributed by atoms with Gasteiger partial charge in [0.2, 0.25) is 0 Å². The van der Waals surface area contributed by atoms with Gasteiger partial charge in [-0.25, -0.2) is 4.39 Å². The summed E-state index contributed by atoms with van der Waals surface area (Å²) in [6.45, 7) is 0. The lowest BCUT2D eigenvalue weighted by Gasteiger charge is -2.31. The Morgan fingerprint density at radius 1 is 0.526 bits per heavy atom. The van der Waals surface area contributed by atoms with E-state index < -0.39 is 35.9 Å². The van der Waals surface area contributed by atoms with Crippen molar-refractivity contribution in [2.24, 2.45) is 0 Å². The maximum absolute atomic E-state index is 12.6. The van der Waals surface area contributed by atoms with Crippen LogP contribution < -0.4 is 0 Å². The predicted octanol–water partition coefficient (Wildman–Crippen LogP) is 3.59. The number of alkyl halides is 12. The Hall–Kier alpha value is -1.17. The predicted molar refractivity (Wildman–Crippen MR) is 32.0 cm³/mol. The second kappa shape index (κ2) is 4.16. The lowest BCUT2D eigenvalue weighted by Crippen LogP contribution is -2.66. The highest BCUT2D eigenvalue weighted by atomic mass is 19.4. The number of Topliss-reactive ketones (excluding diaryl/α,β-unsaturated/α-hetero) is 1. The van der Waals surface area contributed by atoms with Crippen LogP contribution in [-0.2, 0) is 4.79 Å². The molecule has 0 fully saturated rings. The van der Waals surface area contributed by atoms with Crippen molar-refractivity contribution in [1.82, 2.24) is 0 Å². The number of hydrogen-bond donors (Lipinski definition) is 0. The van der Waals surface area contributed by atoms with Crippen LogP contribution in [0.3, 0.4) is 0 Å². The van der Waals surface area contributed by atoms with Crippen molar-refractivity contribution in [2.75, 3.05) is 0 Å². The molecule has 0 unspecified atom stereocenters. The molecule has 0 radical (unpaired) electrons. The first-order valence-electron chi connectivity index (χ1n) is 3.72. The van der Waals surface area contributed by atoms with Gasteiger partial charge < -0.3 is 0 Å². The van der Waals surface area contributed by atoms with Crippen molar-refractivity contribution in [1.29, 1.82) is 0 Å². The van der Waals surface area contributed by atoms with E-state index in [1.807, 2.05) is 0 Å². The molecule has 0 aliphatic carbocycles. The normalized spacial score (nSPS) is 15.6. The zero-order chi connectivity index (χ0) is 16.1. The third-order valence-corrected chi connectivity index (χ3v) is 1.74. The van der Waals surface area contributed by atoms with E-state index in [2.05, 4.69) is 0 Å². The van der Waals surface area contributed by atoms with Crippen molar-refractivity contribution in [3.8, 4) is 0 Å². The van der Waals surface area contributed by atoms with Crippen LogP contribution in [0.5, 0.6) is 0 Å². The van der Waals surface area contributed by atoms with Gasteiger partial charge in [0, 0.05) is 0 Å². The monoisotopic (exact) mass is 316 g/mol. The van der Waals surface area contributed by atoms with Gasteiger partial charge in [-0.3, -0.25) is 4.79 Å². The zero-order valence-corrected chi connectivity index (χ0v) is 7.94. The number of ketones is 1. The maximum atomic E-state index is 12.6. The number of hydrogen-bond acceptors (Lipinski definition) is 1. The van der Waals surface area contributed by atoms with E-state index in [9.17, 15) is 57.5 Å². The highest BCUT2D eigenvalue weighted by Crippen LogP contribution is 2.51. The minimum absolute atomic E-state index is 4.99. The van der Waals surface area contributed by atoms with Gasteiger partial charge >= 0.3 is 30.1 Å². The Morgan fingerprint density at radius 3 is 0.947 bits per heavy atom. The fourth-order valence-corrected chi connectivity index (χ4v) is 0.763. The number of halogens is 12. The minimum atomic E-state index is -7.34. The Kier molecular flexibility index (Phi) is 3.91. The van der Waals surface area contributed by atoms with Crippen LogP contribution >= 0.6 is 0 Å².